The van der Waals surface area contributed by atoms with E-state index in [1.807, 2.05) is 0 Å². The van der Waals surface area contributed by atoms with E-state index in [0.29, 0.717) is 30.8 Å². The minimum absolute atomic E-state index is 0.146. The van der Waals surface area contributed by atoms with Gasteiger partial charge in [0.2, 0.25) is 0 Å². The maximum Gasteiger partial charge on any atom is 0.416 e. The highest BCUT2D eigenvalue weighted by Crippen LogP contribution is 2.34. The number of methoxy groups -OCH3 is 1. The number of halogens is 3. The van der Waals surface area contributed by atoms with Gasteiger partial charge in [0.25, 0.3) is 0 Å². The summed E-state index contributed by atoms with van der Waals surface area (Å²) in [7, 11) is 1.41. The highest BCUT2D eigenvalue weighted by Gasteiger charge is 2.35. The van der Waals surface area contributed by atoms with Crippen LogP contribution in [0.4, 0.5) is 13.2 Å². The minimum atomic E-state index is -4.39. The van der Waals surface area contributed by atoms with Crippen LogP contribution in [-0.4, -0.2) is 30.9 Å². The molecule has 1 aliphatic heterocycles. The summed E-state index contributed by atoms with van der Waals surface area (Å²) in [4.78, 5) is 0. The summed E-state index contributed by atoms with van der Waals surface area (Å²) in [5.74, 6) is 0.369. The van der Waals surface area contributed by atoms with Crippen LogP contribution in [0.2, 0.25) is 0 Å². The van der Waals surface area contributed by atoms with E-state index in [0.717, 1.165) is 12.1 Å². The van der Waals surface area contributed by atoms with Crippen molar-refractivity contribution in [2.24, 2.45) is 0 Å². The Balaban J connectivity index is 2.31. The summed E-state index contributed by atoms with van der Waals surface area (Å²) >= 11 is 0. The zero-order chi connectivity index (χ0) is 14.1. The molecule has 0 amide bonds. The van der Waals surface area contributed by atoms with Gasteiger partial charge in [-0.2, -0.15) is 13.2 Å². The third-order valence-corrected chi connectivity index (χ3v) is 3.35. The van der Waals surface area contributed by atoms with E-state index in [9.17, 15) is 18.3 Å². The second-order valence-corrected chi connectivity index (χ2v) is 4.85. The molecule has 2 N–H and O–H groups in total. The van der Waals surface area contributed by atoms with Gasteiger partial charge in [-0.15, -0.1) is 0 Å². The van der Waals surface area contributed by atoms with Crippen molar-refractivity contribution in [3.8, 4) is 5.75 Å². The Morgan fingerprint density at radius 3 is 2.68 bits per heavy atom. The predicted octanol–water partition coefficient (Wildman–Crippen LogP) is 1.98. The molecule has 0 bridgehead atoms. The molecule has 6 heteroatoms. The molecule has 0 radical (unpaired) electrons. The third-order valence-electron chi connectivity index (χ3n) is 3.35. The van der Waals surface area contributed by atoms with E-state index in [-0.39, 0.29) is 6.42 Å². The van der Waals surface area contributed by atoms with Crippen LogP contribution in [0.5, 0.6) is 5.75 Å². The van der Waals surface area contributed by atoms with Gasteiger partial charge >= 0.3 is 6.18 Å². The van der Waals surface area contributed by atoms with E-state index in [1.54, 1.807) is 0 Å². The first-order valence-corrected chi connectivity index (χ1v) is 6.01. The van der Waals surface area contributed by atoms with Crippen LogP contribution in [0.3, 0.4) is 0 Å². The van der Waals surface area contributed by atoms with Gasteiger partial charge in [0.05, 0.1) is 18.3 Å². The van der Waals surface area contributed by atoms with Gasteiger partial charge in [0, 0.05) is 13.0 Å². The van der Waals surface area contributed by atoms with Gasteiger partial charge < -0.3 is 15.2 Å². The Kier molecular flexibility index (Phi) is 3.73. The first-order chi connectivity index (χ1) is 8.84. The lowest BCUT2D eigenvalue weighted by Crippen LogP contribution is -2.34. The van der Waals surface area contributed by atoms with Gasteiger partial charge in [0.15, 0.2) is 0 Å². The van der Waals surface area contributed by atoms with E-state index >= 15 is 0 Å². The van der Waals surface area contributed by atoms with Gasteiger partial charge in [-0.3, -0.25) is 0 Å². The van der Waals surface area contributed by atoms with E-state index < -0.39 is 17.3 Å². The molecule has 0 aromatic heterocycles. The summed E-state index contributed by atoms with van der Waals surface area (Å²) in [5, 5.41) is 13.3. The van der Waals surface area contributed by atoms with Gasteiger partial charge in [-0.1, -0.05) is 0 Å². The largest absolute Gasteiger partial charge is 0.496 e. The molecule has 1 atom stereocenters. The normalized spacial score (nSPS) is 23.6. The molecule has 0 spiro atoms. The van der Waals surface area contributed by atoms with Gasteiger partial charge in [-0.25, -0.2) is 0 Å². The van der Waals surface area contributed by atoms with Crippen molar-refractivity contribution in [3.63, 3.8) is 0 Å². The SMILES string of the molecule is COc1ccc(C(F)(F)F)cc1CC1(O)CCNC1. The third kappa shape index (κ3) is 3.19. The van der Waals surface area contributed by atoms with Crippen LogP contribution in [0.1, 0.15) is 17.5 Å². The van der Waals surface area contributed by atoms with Gasteiger partial charge in [-0.05, 0) is 36.7 Å². The Morgan fingerprint density at radius 2 is 2.16 bits per heavy atom. The predicted molar refractivity (Wildman–Crippen MR) is 64.1 cm³/mol. The number of nitrogens with one attached hydrogen (secondary N) is 1. The summed E-state index contributed by atoms with van der Waals surface area (Å²) in [6.45, 7) is 1.05. The van der Waals surface area contributed by atoms with Crippen molar-refractivity contribution in [2.75, 3.05) is 20.2 Å². The number of alkyl halides is 3. The highest BCUT2D eigenvalue weighted by atomic mass is 19.4. The molecular weight excluding hydrogens is 259 g/mol. The van der Waals surface area contributed by atoms with Crippen LogP contribution in [0, 0.1) is 0 Å². The first-order valence-electron chi connectivity index (χ1n) is 6.01. The van der Waals surface area contributed by atoms with Crippen molar-refractivity contribution in [1.29, 1.82) is 0 Å². The lowest BCUT2D eigenvalue weighted by atomic mass is 9.92. The number of β-amino-alcohol motifs (C(OH)–C–C–N with tert-alkyl or cyclic N) is 1. The average molecular weight is 275 g/mol. The number of rotatable bonds is 3. The van der Waals surface area contributed by atoms with Gasteiger partial charge in [0.1, 0.15) is 5.75 Å². The van der Waals surface area contributed by atoms with Crippen molar-refractivity contribution in [1.82, 2.24) is 5.32 Å². The summed E-state index contributed by atoms with van der Waals surface area (Å²) in [6, 6.07) is 3.33. The highest BCUT2D eigenvalue weighted by molar-refractivity contribution is 5.39. The second-order valence-electron chi connectivity index (χ2n) is 4.85. The Labute approximate surface area is 109 Å². The molecule has 2 rings (SSSR count). The molecule has 1 fully saturated rings. The van der Waals surface area contributed by atoms with Crippen LogP contribution >= 0.6 is 0 Å². The Bertz CT molecular complexity index is 454. The molecule has 0 saturated carbocycles. The smallest absolute Gasteiger partial charge is 0.416 e. The topological polar surface area (TPSA) is 41.5 Å². The van der Waals surface area contributed by atoms with E-state index in [1.165, 1.54) is 13.2 Å². The monoisotopic (exact) mass is 275 g/mol. The fourth-order valence-corrected chi connectivity index (χ4v) is 2.33. The molecule has 1 saturated heterocycles. The molecule has 0 aliphatic carbocycles. The lowest BCUT2D eigenvalue weighted by Gasteiger charge is -2.23. The van der Waals surface area contributed by atoms with E-state index in [2.05, 4.69) is 5.32 Å². The van der Waals surface area contributed by atoms with Crippen molar-refractivity contribution < 1.29 is 23.0 Å². The fourth-order valence-electron chi connectivity index (χ4n) is 2.33. The maximum atomic E-state index is 12.7. The molecular formula is C13H16F3NO2. The molecule has 19 heavy (non-hydrogen) atoms. The maximum absolute atomic E-state index is 12.7. The summed E-state index contributed by atoms with van der Waals surface area (Å²) < 4.78 is 43.2. The fraction of sp³-hybridized carbons (Fsp3) is 0.538. The second kappa shape index (κ2) is 5.02. The minimum Gasteiger partial charge on any atom is -0.496 e. The van der Waals surface area contributed by atoms with Crippen molar-refractivity contribution in [3.05, 3.63) is 29.3 Å². The number of aliphatic hydroxyl groups is 1. The molecule has 1 unspecified atom stereocenters. The standard InChI is InChI=1S/C13H16F3NO2/c1-19-11-3-2-10(13(14,15)16)6-9(11)7-12(18)4-5-17-8-12/h2-3,6,17-18H,4-5,7-8H2,1H3. The molecule has 1 heterocycles. The Morgan fingerprint density at radius 1 is 1.42 bits per heavy atom. The lowest BCUT2D eigenvalue weighted by molar-refractivity contribution is -0.137. The Hall–Kier alpha value is -1.27. The summed E-state index contributed by atoms with van der Waals surface area (Å²) in [6.07, 6.45) is -3.73. The average Bonchev–Trinajstić information content (AvgIpc) is 2.74. The van der Waals surface area contributed by atoms with Crippen LogP contribution < -0.4 is 10.1 Å². The molecule has 1 aliphatic rings. The van der Waals surface area contributed by atoms with Crippen molar-refractivity contribution in [2.45, 2.75) is 24.6 Å². The van der Waals surface area contributed by atoms with Crippen LogP contribution in [0.25, 0.3) is 0 Å². The molecule has 1 aromatic rings. The zero-order valence-corrected chi connectivity index (χ0v) is 10.5. The van der Waals surface area contributed by atoms with Crippen LogP contribution in [-0.2, 0) is 12.6 Å². The zero-order valence-electron chi connectivity index (χ0n) is 10.5. The molecule has 3 nitrogen and oxygen atoms in total. The van der Waals surface area contributed by atoms with E-state index in [4.69, 9.17) is 4.74 Å². The quantitative estimate of drug-likeness (QED) is 0.886. The molecule has 106 valence electrons. The number of benzene rings is 1. The number of hydrogen-bond acceptors (Lipinski definition) is 3. The summed E-state index contributed by atoms with van der Waals surface area (Å²) in [5.41, 5.74) is -1.35. The molecule has 1 aromatic carbocycles. The number of hydrogen-bond donors (Lipinski definition) is 2. The van der Waals surface area contributed by atoms with Crippen LogP contribution in [0.15, 0.2) is 18.2 Å². The number of ether oxygens (including phenoxy) is 1. The first kappa shape index (κ1) is 14.1. The van der Waals surface area contributed by atoms with Crippen molar-refractivity contribution >= 4 is 0 Å².